The van der Waals surface area contributed by atoms with E-state index >= 15 is 0 Å². The molecule has 2 fully saturated rings. The topological polar surface area (TPSA) is 72.9 Å². The van der Waals surface area contributed by atoms with Crippen molar-refractivity contribution < 1.29 is 19.1 Å². The smallest absolute Gasteiger partial charge is 0.317 e. The van der Waals surface area contributed by atoms with E-state index in [9.17, 15) is 14.0 Å². The predicted molar refractivity (Wildman–Crippen MR) is 95.7 cm³/mol. The summed E-state index contributed by atoms with van der Waals surface area (Å²) in [5.74, 6) is -1.78. The maximum atomic E-state index is 14.4. The Morgan fingerprint density at radius 1 is 1.31 bits per heavy atom. The van der Waals surface area contributed by atoms with E-state index in [0.29, 0.717) is 23.6 Å². The summed E-state index contributed by atoms with van der Waals surface area (Å²) in [7, 11) is 0. The van der Waals surface area contributed by atoms with Gasteiger partial charge in [-0.05, 0) is 44.5 Å². The summed E-state index contributed by atoms with van der Waals surface area (Å²) in [6, 6.07) is 3.95. The van der Waals surface area contributed by atoms with Crippen LogP contribution in [-0.4, -0.2) is 59.6 Å². The van der Waals surface area contributed by atoms with Gasteiger partial charge in [0.25, 0.3) is 0 Å². The van der Waals surface area contributed by atoms with Crippen LogP contribution in [0, 0.1) is 11.7 Å². The Morgan fingerprint density at radius 3 is 2.65 bits per heavy atom. The van der Waals surface area contributed by atoms with Gasteiger partial charge in [-0.1, -0.05) is 17.7 Å². The second kappa shape index (κ2) is 8.22. The minimum absolute atomic E-state index is 0.204. The highest BCUT2D eigenvalue weighted by atomic mass is 35.5. The molecule has 0 aromatic heterocycles. The van der Waals surface area contributed by atoms with Crippen molar-refractivity contribution >= 4 is 23.6 Å². The average molecular weight is 384 g/mol. The van der Waals surface area contributed by atoms with Gasteiger partial charge in [-0.3, -0.25) is 9.69 Å². The van der Waals surface area contributed by atoms with Gasteiger partial charge >= 0.3 is 12.0 Å². The SMILES string of the molecule is O=C(O)C1CCN(C(=O)NCC(c2c(F)cccc2Cl)N2CCCC2)C1. The molecule has 0 radical (unpaired) electrons. The lowest BCUT2D eigenvalue weighted by Gasteiger charge is -2.30. The molecule has 0 saturated carbocycles. The summed E-state index contributed by atoms with van der Waals surface area (Å²) < 4.78 is 14.4. The van der Waals surface area contributed by atoms with Crippen molar-refractivity contribution in [3.05, 3.63) is 34.6 Å². The molecule has 2 unspecified atom stereocenters. The third kappa shape index (κ3) is 4.10. The normalized spacial score (nSPS) is 21.8. The number of hydrogen-bond acceptors (Lipinski definition) is 3. The average Bonchev–Trinajstić information content (AvgIpc) is 3.28. The zero-order valence-corrected chi connectivity index (χ0v) is 15.2. The molecule has 2 N–H and O–H groups in total. The number of benzene rings is 1. The van der Waals surface area contributed by atoms with Crippen molar-refractivity contribution in [3.63, 3.8) is 0 Å². The summed E-state index contributed by atoms with van der Waals surface area (Å²) in [4.78, 5) is 27.1. The van der Waals surface area contributed by atoms with Crippen molar-refractivity contribution in [1.82, 2.24) is 15.1 Å². The quantitative estimate of drug-likeness (QED) is 0.820. The van der Waals surface area contributed by atoms with Gasteiger partial charge in [0.05, 0.1) is 12.0 Å². The van der Waals surface area contributed by atoms with E-state index in [2.05, 4.69) is 10.2 Å². The van der Waals surface area contributed by atoms with Gasteiger partial charge in [0.1, 0.15) is 5.82 Å². The number of halogens is 2. The second-order valence-electron chi connectivity index (χ2n) is 6.85. The molecule has 26 heavy (non-hydrogen) atoms. The molecule has 2 atom stereocenters. The van der Waals surface area contributed by atoms with Gasteiger partial charge in [-0.15, -0.1) is 0 Å². The number of urea groups is 1. The lowest BCUT2D eigenvalue weighted by atomic mass is 10.0. The van der Waals surface area contributed by atoms with Crippen LogP contribution < -0.4 is 5.32 Å². The lowest BCUT2D eigenvalue weighted by molar-refractivity contribution is -0.141. The molecule has 8 heteroatoms. The monoisotopic (exact) mass is 383 g/mol. The number of likely N-dealkylation sites (tertiary alicyclic amines) is 2. The fourth-order valence-electron chi connectivity index (χ4n) is 3.74. The predicted octanol–water partition coefficient (Wildman–Crippen LogP) is 2.73. The molecule has 3 rings (SSSR count). The highest BCUT2D eigenvalue weighted by Crippen LogP contribution is 2.32. The van der Waals surface area contributed by atoms with E-state index in [1.807, 2.05) is 0 Å². The summed E-state index contributed by atoms with van der Waals surface area (Å²) in [6.07, 6.45) is 2.52. The number of nitrogens with zero attached hydrogens (tertiary/aromatic N) is 2. The fraction of sp³-hybridized carbons (Fsp3) is 0.556. The standard InChI is InChI=1S/C18H23ClFN3O3/c19-13-4-3-5-14(20)16(13)15(22-7-1-2-8-22)10-21-18(26)23-9-6-12(11-23)17(24)25/h3-5,12,15H,1-2,6-11H2,(H,21,26)(H,24,25). The van der Waals surface area contributed by atoms with Crippen molar-refractivity contribution in [1.29, 1.82) is 0 Å². The highest BCUT2D eigenvalue weighted by Gasteiger charge is 2.32. The highest BCUT2D eigenvalue weighted by molar-refractivity contribution is 6.31. The molecule has 6 nitrogen and oxygen atoms in total. The molecule has 0 aliphatic carbocycles. The molecular formula is C18H23ClFN3O3. The van der Waals surface area contributed by atoms with Crippen molar-refractivity contribution in [3.8, 4) is 0 Å². The molecule has 142 valence electrons. The number of hydrogen-bond donors (Lipinski definition) is 2. The van der Waals surface area contributed by atoms with Crippen molar-refractivity contribution in [2.24, 2.45) is 5.92 Å². The molecular weight excluding hydrogens is 361 g/mol. The number of carboxylic acids is 1. The largest absolute Gasteiger partial charge is 0.481 e. The molecule has 0 spiro atoms. The Labute approximate surface area is 156 Å². The number of carbonyl (C=O) groups is 2. The molecule has 1 aromatic rings. The summed E-state index contributed by atoms with van der Waals surface area (Å²) in [5, 5.41) is 12.3. The van der Waals surface area contributed by atoms with Crippen LogP contribution in [0.15, 0.2) is 18.2 Å². The van der Waals surface area contributed by atoms with E-state index in [1.165, 1.54) is 11.0 Å². The van der Waals surface area contributed by atoms with E-state index in [0.717, 1.165) is 25.9 Å². The first-order chi connectivity index (χ1) is 12.5. The van der Waals surface area contributed by atoms with Gasteiger partial charge in [0, 0.05) is 30.2 Å². The molecule has 1 aromatic carbocycles. The number of carbonyl (C=O) groups excluding carboxylic acids is 1. The Kier molecular flexibility index (Phi) is 5.98. The van der Waals surface area contributed by atoms with Gasteiger partial charge in [-0.2, -0.15) is 0 Å². The van der Waals surface area contributed by atoms with E-state index in [1.54, 1.807) is 12.1 Å². The van der Waals surface area contributed by atoms with Crippen LogP contribution in [0.2, 0.25) is 5.02 Å². The van der Waals surface area contributed by atoms with Crippen LogP contribution in [0.5, 0.6) is 0 Å². The Balaban J connectivity index is 1.69. The molecule has 2 saturated heterocycles. The Morgan fingerprint density at radius 2 is 2.04 bits per heavy atom. The first kappa shape index (κ1) is 18.9. The number of carboxylic acid groups (broad SMARTS) is 1. The van der Waals surface area contributed by atoms with Crippen LogP contribution >= 0.6 is 11.6 Å². The van der Waals surface area contributed by atoms with E-state index < -0.39 is 11.9 Å². The van der Waals surface area contributed by atoms with Crippen LogP contribution in [-0.2, 0) is 4.79 Å². The van der Waals surface area contributed by atoms with Gasteiger partial charge < -0.3 is 15.3 Å². The zero-order valence-electron chi connectivity index (χ0n) is 14.5. The molecule has 2 amide bonds. The Hall–Kier alpha value is -1.86. The van der Waals surface area contributed by atoms with Crippen molar-refractivity contribution in [2.45, 2.75) is 25.3 Å². The maximum absolute atomic E-state index is 14.4. The fourth-order valence-corrected chi connectivity index (χ4v) is 4.03. The number of aliphatic carboxylic acids is 1. The number of nitrogens with one attached hydrogen (secondary N) is 1. The number of amides is 2. The van der Waals surface area contributed by atoms with Gasteiger partial charge in [0.15, 0.2) is 0 Å². The summed E-state index contributed by atoms with van der Waals surface area (Å²) in [5.41, 5.74) is 0.404. The minimum Gasteiger partial charge on any atom is -0.481 e. The van der Waals surface area contributed by atoms with Gasteiger partial charge in [-0.25, -0.2) is 9.18 Å². The number of rotatable bonds is 5. The second-order valence-corrected chi connectivity index (χ2v) is 7.26. The minimum atomic E-state index is -0.881. The third-order valence-electron chi connectivity index (χ3n) is 5.19. The lowest BCUT2D eigenvalue weighted by Crippen LogP contribution is -2.43. The van der Waals surface area contributed by atoms with E-state index in [-0.39, 0.29) is 31.0 Å². The first-order valence-corrected chi connectivity index (χ1v) is 9.28. The molecule has 2 aliphatic rings. The van der Waals surface area contributed by atoms with Crippen LogP contribution in [0.25, 0.3) is 0 Å². The van der Waals surface area contributed by atoms with Gasteiger partial charge in [0.2, 0.25) is 0 Å². The summed E-state index contributed by atoms with van der Waals surface area (Å²) >= 11 is 6.24. The molecule has 2 heterocycles. The zero-order chi connectivity index (χ0) is 18.7. The third-order valence-corrected chi connectivity index (χ3v) is 5.52. The maximum Gasteiger partial charge on any atom is 0.317 e. The molecule has 2 aliphatic heterocycles. The van der Waals surface area contributed by atoms with Crippen LogP contribution in [0.3, 0.4) is 0 Å². The summed E-state index contributed by atoms with van der Waals surface area (Å²) in [6.45, 7) is 2.51. The van der Waals surface area contributed by atoms with Crippen LogP contribution in [0.4, 0.5) is 9.18 Å². The first-order valence-electron chi connectivity index (χ1n) is 8.91. The van der Waals surface area contributed by atoms with Crippen molar-refractivity contribution in [2.75, 3.05) is 32.7 Å². The molecule has 0 bridgehead atoms. The van der Waals surface area contributed by atoms with E-state index in [4.69, 9.17) is 16.7 Å². The Bertz CT molecular complexity index is 661. The van der Waals surface area contributed by atoms with Crippen LogP contribution in [0.1, 0.15) is 30.9 Å².